The summed E-state index contributed by atoms with van der Waals surface area (Å²) in [5, 5.41) is 3.42. The number of hydrogen-bond acceptors (Lipinski definition) is 7. The number of anilines is 1. The number of piperazine rings is 1. The molecule has 35 heavy (non-hydrogen) atoms. The van der Waals surface area contributed by atoms with Crippen molar-refractivity contribution in [2.45, 2.75) is 19.6 Å². The van der Waals surface area contributed by atoms with Crippen molar-refractivity contribution in [3.05, 3.63) is 62.3 Å². The first-order valence-corrected chi connectivity index (χ1v) is 10.9. The Morgan fingerprint density at radius 2 is 1.91 bits per heavy atom. The molecule has 0 radical (unpaired) electrons. The van der Waals surface area contributed by atoms with Gasteiger partial charge >= 0.3 is 23.4 Å². The van der Waals surface area contributed by atoms with Gasteiger partial charge in [-0.15, -0.1) is 0 Å². The molecule has 4 rings (SSSR count). The first-order valence-electron chi connectivity index (χ1n) is 10.5. The lowest BCUT2D eigenvalue weighted by Crippen LogP contribution is -2.48. The number of nitrogens with one attached hydrogen (secondary N) is 1. The second kappa shape index (κ2) is 9.58. The van der Waals surface area contributed by atoms with Crippen LogP contribution in [-0.4, -0.2) is 57.2 Å². The molecular weight excluding hydrogens is 493 g/mol. The van der Waals surface area contributed by atoms with Crippen molar-refractivity contribution in [3.8, 4) is 5.69 Å². The molecule has 0 unspecified atom stereocenters. The number of fused-ring (bicyclic) bond motifs is 1. The molecule has 1 N–H and O–H groups in total. The van der Waals surface area contributed by atoms with Crippen LogP contribution in [0.3, 0.4) is 0 Å². The van der Waals surface area contributed by atoms with Gasteiger partial charge in [0.2, 0.25) is 5.95 Å². The van der Waals surface area contributed by atoms with Crippen LogP contribution in [0.2, 0.25) is 5.02 Å². The molecule has 3 aromatic rings. The number of para-hydroxylation sites is 1. The minimum absolute atomic E-state index is 0.0918. The molecule has 0 aliphatic carbocycles. The Bertz CT molecular complexity index is 1420. The van der Waals surface area contributed by atoms with Gasteiger partial charge in [-0.25, -0.2) is 9.59 Å². The summed E-state index contributed by atoms with van der Waals surface area (Å²) in [5.74, 6) is -2.44. The average Bonchev–Trinajstić information content (AvgIpc) is 3.22. The molecule has 1 saturated heterocycles. The molecule has 10 nitrogen and oxygen atoms in total. The monoisotopic (exact) mass is 512 g/mol. The zero-order chi connectivity index (χ0) is 25.3. The van der Waals surface area contributed by atoms with E-state index in [2.05, 4.69) is 15.1 Å². The lowest BCUT2D eigenvalue weighted by Gasteiger charge is -2.28. The maximum atomic E-state index is 13.4. The average molecular weight is 513 g/mol. The Hall–Kier alpha value is -3.58. The number of carbonyl (C=O) groups is 1. The fraction of sp³-hybridized carbons (Fsp3) is 0.333. The fourth-order valence-corrected chi connectivity index (χ4v) is 3.91. The summed E-state index contributed by atoms with van der Waals surface area (Å²) >= 11 is 6.42. The number of hydrogen-bond donors (Lipinski definition) is 1. The molecule has 0 saturated carbocycles. The highest BCUT2D eigenvalue weighted by Gasteiger charge is 2.43. The maximum absolute atomic E-state index is 13.4. The maximum Gasteiger partial charge on any atom is 0.493 e. The number of allylic oxidation sites excluding steroid dienone is 2. The normalized spacial score (nSPS) is 14.7. The van der Waals surface area contributed by atoms with Gasteiger partial charge in [0.15, 0.2) is 11.2 Å². The van der Waals surface area contributed by atoms with E-state index in [0.717, 1.165) is 4.57 Å². The van der Waals surface area contributed by atoms with E-state index in [1.807, 2.05) is 4.90 Å². The van der Waals surface area contributed by atoms with E-state index in [0.29, 0.717) is 31.9 Å². The molecule has 14 heteroatoms. The third kappa shape index (κ3) is 4.56. The molecule has 1 fully saturated rings. The number of imidazole rings is 1. The van der Waals surface area contributed by atoms with Crippen molar-refractivity contribution in [2.24, 2.45) is 0 Å². The standard InChI is InChI=1S/C21H20ClF3N6O4/c1-2-3-10-29-16-15(17(32)31(20(29)34)35-18(33)21(23,24)25)30(14-7-5-4-6-13(14)22)19(27-16)28-11-8-26-9-12-28/h2-7,26H,8-12H2,1H3/b3-2+. The van der Waals surface area contributed by atoms with E-state index in [1.54, 1.807) is 43.3 Å². The summed E-state index contributed by atoms with van der Waals surface area (Å²) < 4.78 is 40.8. The summed E-state index contributed by atoms with van der Waals surface area (Å²) in [6.45, 7) is 3.77. The van der Waals surface area contributed by atoms with E-state index in [9.17, 15) is 27.6 Å². The highest BCUT2D eigenvalue weighted by Crippen LogP contribution is 2.29. The summed E-state index contributed by atoms with van der Waals surface area (Å²) in [5.41, 5.74) is -2.62. The molecule has 1 aliphatic rings. The molecular formula is C21H20ClF3N6O4. The van der Waals surface area contributed by atoms with Gasteiger partial charge in [-0.3, -0.25) is 13.9 Å². The Kier molecular flexibility index (Phi) is 6.72. The number of rotatable bonds is 5. The highest BCUT2D eigenvalue weighted by molar-refractivity contribution is 6.32. The van der Waals surface area contributed by atoms with Crippen LogP contribution < -0.4 is 26.3 Å². The first-order chi connectivity index (χ1) is 16.6. The van der Waals surface area contributed by atoms with E-state index in [-0.39, 0.29) is 33.4 Å². The van der Waals surface area contributed by atoms with Gasteiger partial charge in [0.1, 0.15) is 0 Å². The number of halogens is 4. The molecule has 0 bridgehead atoms. The third-order valence-electron chi connectivity index (χ3n) is 5.31. The fourth-order valence-electron chi connectivity index (χ4n) is 3.69. The molecule has 2 aromatic heterocycles. The molecule has 0 spiro atoms. The number of aromatic nitrogens is 4. The largest absolute Gasteiger partial charge is 0.493 e. The molecule has 0 amide bonds. The number of carbonyl (C=O) groups excluding carboxylic acids is 1. The molecule has 1 aliphatic heterocycles. The van der Waals surface area contributed by atoms with Gasteiger partial charge in [-0.1, -0.05) is 40.6 Å². The molecule has 1 aromatic carbocycles. The SMILES string of the molecule is C/C=C/Cn1c(=O)n(OC(=O)C(F)(F)F)c(=O)c2c1nc(N1CCNCC1)n2-c1ccccc1Cl. The van der Waals surface area contributed by atoms with Crippen molar-refractivity contribution in [1.82, 2.24) is 24.2 Å². The van der Waals surface area contributed by atoms with Crippen molar-refractivity contribution < 1.29 is 22.8 Å². The second-order valence-electron chi connectivity index (χ2n) is 7.55. The Balaban J connectivity index is 2.10. The van der Waals surface area contributed by atoms with Gasteiger partial charge in [-0.2, -0.15) is 18.2 Å². The summed E-state index contributed by atoms with van der Waals surface area (Å²) in [6, 6.07) is 6.50. The highest BCUT2D eigenvalue weighted by atomic mass is 35.5. The van der Waals surface area contributed by atoms with Crippen LogP contribution in [0.5, 0.6) is 0 Å². The quantitative estimate of drug-likeness (QED) is 0.517. The second-order valence-corrected chi connectivity index (χ2v) is 7.95. The van der Waals surface area contributed by atoms with E-state index in [1.165, 1.54) is 4.57 Å². The Morgan fingerprint density at radius 1 is 1.23 bits per heavy atom. The van der Waals surface area contributed by atoms with Crippen LogP contribution in [-0.2, 0) is 11.3 Å². The summed E-state index contributed by atoms with van der Waals surface area (Å²) in [6.07, 6.45) is -2.28. The Morgan fingerprint density at radius 3 is 2.54 bits per heavy atom. The molecule has 0 atom stereocenters. The zero-order valence-corrected chi connectivity index (χ0v) is 19.1. The van der Waals surface area contributed by atoms with Crippen LogP contribution in [0.25, 0.3) is 16.9 Å². The Labute approximate surface area is 200 Å². The lowest BCUT2D eigenvalue weighted by atomic mass is 10.3. The topological polar surface area (TPSA) is 103 Å². The number of alkyl halides is 3. The third-order valence-corrected chi connectivity index (χ3v) is 5.63. The summed E-state index contributed by atoms with van der Waals surface area (Å²) in [4.78, 5) is 48.6. The van der Waals surface area contributed by atoms with Gasteiger partial charge in [0, 0.05) is 32.7 Å². The van der Waals surface area contributed by atoms with Crippen molar-refractivity contribution in [1.29, 1.82) is 0 Å². The van der Waals surface area contributed by atoms with Crippen LogP contribution in [0.15, 0.2) is 46.0 Å². The van der Waals surface area contributed by atoms with Crippen LogP contribution in [0.4, 0.5) is 19.1 Å². The number of benzene rings is 1. The lowest BCUT2D eigenvalue weighted by molar-refractivity contribution is -0.200. The molecule has 186 valence electrons. The van der Waals surface area contributed by atoms with Crippen LogP contribution in [0, 0.1) is 0 Å². The van der Waals surface area contributed by atoms with Gasteiger partial charge in [0.25, 0.3) is 0 Å². The predicted molar refractivity (Wildman–Crippen MR) is 122 cm³/mol. The van der Waals surface area contributed by atoms with E-state index >= 15 is 0 Å². The van der Waals surface area contributed by atoms with Gasteiger partial charge < -0.3 is 15.1 Å². The first kappa shape index (κ1) is 24.5. The van der Waals surface area contributed by atoms with E-state index in [4.69, 9.17) is 11.6 Å². The van der Waals surface area contributed by atoms with Gasteiger partial charge in [0.05, 0.1) is 10.7 Å². The minimum atomic E-state index is -5.43. The van der Waals surface area contributed by atoms with Crippen molar-refractivity contribution in [2.75, 3.05) is 31.1 Å². The summed E-state index contributed by atoms with van der Waals surface area (Å²) in [7, 11) is 0. The van der Waals surface area contributed by atoms with Crippen LogP contribution >= 0.6 is 11.6 Å². The number of nitrogens with zero attached hydrogens (tertiary/aromatic N) is 5. The van der Waals surface area contributed by atoms with Crippen LogP contribution in [0.1, 0.15) is 6.92 Å². The van der Waals surface area contributed by atoms with Gasteiger partial charge in [-0.05, 0) is 19.1 Å². The smallest absolute Gasteiger partial charge is 0.339 e. The predicted octanol–water partition coefficient (Wildman–Crippen LogP) is 1.51. The van der Waals surface area contributed by atoms with Crippen molar-refractivity contribution in [3.63, 3.8) is 0 Å². The minimum Gasteiger partial charge on any atom is -0.339 e. The van der Waals surface area contributed by atoms with E-state index < -0.39 is 23.4 Å². The zero-order valence-electron chi connectivity index (χ0n) is 18.4. The van der Waals surface area contributed by atoms with Crippen molar-refractivity contribution >= 4 is 34.7 Å². The molecule has 3 heterocycles.